The maximum Gasteiger partial charge on any atom is 0.246 e. The van der Waals surface area contributed by atoms with E-state index in [0.29, 0.717) is 11.8 Å². The van der Waals surface area contributed by atoms with Crippen LogP contribution in [0.25, 0.3) is 0 Å². The number of aromatic nitrogens is 2. The molecule has 0 saturated heterocycles. The number of hydrogen-bond acceptors (Lipinski definition) is 4. The summed E-state index contributed by atoms with van der Waals surface area (Å²) in [6.07, 6.45) is 6.35. The molecule has 0 radical (unpaired) electrons. The monoisotopic (exact) mass is 265 g/mol. The molecular weight excluding hydrogens is 238 g/mol. The molecule has 0 aromatic carbocycles. The van der Waals surface area contributed by atoms with Crippen LogP contribution < -0.4 is 5.32 Å². The molecule has 1 heterocycles. The van der Waals surface area contributed by atoms with Crippen LogP contribution in [-0.2, 0) is 5.54 Å². The third-order valence-corrected chi connectivity index (χ3v) is 4.32. The van der Waals surface area contributed by atoms with Crippen LogP contribution in [0.4, 0.5) is 0 Å². The lowest BCUT2D eigenvalue weighted by Gasteiger charge is -2.26. The fraction of sp³-hybridized carbons (Fsp3) is 0.867. The second-order valence-corrected chi connectivity index (χ2v) is 6.25. The van der Waals surface area contributed by atoms with E-state index in [1.165, 1.54) is 32.1 Å². The van der Waals surface area contributed by atoms with Gasteiger partial charge >= 0.3 is 0 Å². The van der Waals surface area contributed by atoms with Crippen molar-refractivity contribution >= 4 is 0 Å². The first-order valence-corrected chi connectivity index (χ1v) is 7.66. The van der Waals surface area contributed by atoms with Crippen LogP contribution >= 0.6 is 0 Å². The van der Waals surface area contributed by atoms with Gasteiger partial charge in [0.2, 0.25) is 5.89 Å². The summed E-state index contributed by atoms with van der Waals surface area (Å²) in [5.74, 6) is 2.96. The topological polar surface area (TPSA) is 51.0 Å². The van der Waals surface area contributed by atoms with Crippen molar-refractivity contribution in [1.82, 2.24) is 15.5 Å². The summed E-state index contributed by atoms with van der Waals surface area (Å²) in [5.41, 5.74) is -0.237. The zero-order chi connectivity index (χ0) is 13.9. The molecule has 1 aromatic heterocycles. The van der Waals surface area contributed by atoms with Gasteiger partial charge in [0.15, 0.2) is 5.82 Å². The average Bonchev–Trinajstić information content (AvgIpc) is 2.89. The first-order valence-electron chi connectivity index (χ1n) is 7.66. The van der Waals surface area contributed by atoms with E-state index in [2.05, 4.69) is 43.2 Å². The van der Waals surface area contributed by atoms with Gasteiger partial charge in [-0.15, -0.1) is 0 Å². The minimum absolute atomic E-state index is 0.237. The van der Waals surface area contributed by atoms with Gasteiger partial charge in [0.1, 0.15) is 0 Å². The highest BCUT2D eigenvalue weighted by Gasteiger charge is 2.30. The van der Waals surface area contributed by atoms with Crippen LogP contribution in [0.3, 0.4) is 0 Å². The maximum atomic E-state index is 5.48. The van der Waals surface area contributed by atoms with Crippen LogP contribution in [0.1, 0.15) is 77.4 Å². The van der Waals surface area contributed by atoms with E-state index in [4.69, 9.17) is 4.52 Å². The summed E-state index contributed by atoms with van der Waals surface area (Å²) in [5, 5.41) is 7.61. The zero-order valence-corrected chi connectivity index (χ0v) is 12.7. The van der Waals surface area contributed by atoms with Crippen LogP contribution in [0, 0.1) is 5.92 Å². The Bertz CT molecular complexity index is 400. The molecule has 1 aliphatic carbocycles. The highest BCUT2D eigenvalue weighted by molar-refractivity contribution is 5.03. The zero-order valence-electron chi connectivity index (χ0n) is 12.7. The van der Waals surface area contributed by atoms with Gasteiger partial charge in [-0.05, 0) is 39.2 Å². The molecule has 1 aromatic rings. The number of hydrogen-bond donors (Lipinski definition) is 1. The van der Waals surface area contributed by atoms with Crippen molar-refractivity contribution in [3.05, 3.63) is 11.7 Å². The SMILES string of the molecule is CCNC(C)(C)c1nc(C2CCCC(CC)C2)no1. The summed E-state index contributed by atoms with van der Waals surface area (Å²) in [6.45, 7) is 9.44. The second-order valence-electron chi connectivity index (χ2n) is 6.25. The number of nitrogens with one attached hydrogen (secondary N) is 1. The molecule has 2 unspecified atom stereocenters. The van der Waals surface area contributed by atoms with Crippen LogP contribution in [-0.4, -0.2) is 16.7 Å². The molecule has 0 bridgehead atoms. The summed E-state index contributed by atoms with van der Waals surface area (Å²) < 4.78 is 5.48. The third kappa shape index (κ3) is 3.35. The first kappa shape index (κ1) is 14.5. The number of rotatable bonds is 5. The van der Waals surface area contributed by atoms with E-state index in [0.717, 1.165) is 18.3 Å². The molecule has 4 heteroatoms. The van der Waals surface area contributed by atoms with Gasteiger partial charge in [-0.3, -0.25) is 0 Å². The standard InChI is InChI=1S/C15H27N3O/c1-5-11-8-7-9-12(10-11)13-17-14(19-18-13)15(3,4)16-6-2/h11-12,16H,5-10H2,1-4H3. The van der Waals surface area contributed by atoms with E-state index in [-0.39, 0.29) is 5.54 Å². The molecule has 2 atom stereocenters. The Morgan fingerprint density at radius 1 is 1.32 bits per heavy atom. The van der Waals surface area contributed by atoms with Gasteiger partial charge in [0.25, 0.3) is 0 Å². The molecule has 0 amide bonds. The third-order valence-electron chi connectivity index (χ3n) is 4.32. The molecule has 19 heavy (non-hydrogen) atoms. The normalized spacial score (nSPS) is 24.6. The molecular formula is C15H27N3O. The minimum Gasteiger partial charge on any atom is -0.337 e. The molecule has 2 rings (SSSR count). The lowest BCUT2D eigenvalue weighted by Crippen LogP contribution is -2.36. The highest BCUT2D eigenvalue weighted by atomic mass is 16.5. The molecule has 108 valence electrons. The number of nitrogens with zero attached hydrogens (tertiary/aromatic N) is 2. The molecule has 0 spiro atoms. The molecule has 1 aliphatic rings. The predicted octanol–water partition coefficient (Wildman–Crippen LogP) is 3.60. The van der Waals surface area contributed by atoms with Gasteiger partial charge in [0, 0.05) is 5.92 Å². The van der Waals surface area contributed by atoms with Crippen LogP contribution in [0.5, 0.6) is 0 Å². The van der Waals surface area contributed by atoms with Crippen molar-refractivity contribution in [2.45, 2.75) is 71.3 Å². The fourth-order valence-corrected chi connectivity index (χ4v) is 3.07. The van der Waals surface area contributed by atoms with Crippen LogP contribution in [0.15, 0.2) is 4.52 Å². The summed E-state index contributed by atoms with van der Waals surface area (Å²) in [7, 11) is 0. The maximum absolute atomic E-state index is 5.48. The van der Waals surface area contributed by atoms with Gasteiger partial charge < -0.3 is 9.84 Å². The average molecular weight is 265 g/mol. The molecule has 1 saturated carbocycles. The Hall–Kier alpha value is -0.900. The highest BCUT2D eigenvalue weighted by Crippen LogP contribution is 2.36. The van der Waals surface area contributed by atoms with Gasteiger partial charge in [-0.1, -0.05) is 38.3 Å². The smallest absolute Gasteiger partial charge is 0.246 e. The molecule has 4 nitrogen and oxygen atoms in total. The van der Waals surface area contributed by atoms with Gasteiger partial charge in [-0.2, -0.15) is 4.98 Å². The fourth-order valence-electron chi connectivity index (χ4n) is 3.07. The largest absolute Gasteiger partial charge is 0.337 e. The van der Waals surface area contributed by atoms with Crippen LogP contribution in [0.2, 0.25) is 0 Å². The Labute approximate surface area is 116 Å². The Balaban J connectivity index is 2.08. The molecule has 1 N–H and O–H groups in total. The Kier molecular flexibility index (Phi) is 4.61. The van der Waals surface area contributed by atoms with Crippen molar-refractivity contribution in [1.29, 1.82) is 0 Å². The van der Waals surface area contributed by atoms with E-state index in [1.807, 2.05) is 0 Å². The lowest BCUT2D eigenvalue weighted by atomic mass is 9.80. The molecule has 1 fully saturated rings. The lowest BCUT2D eigenvalue weighted by molar-refractivity contribution is 0.266. The summed E-state index contributed by atoms with van der Waals surface area (Å²) >= 11 is 0. The van der Waals surface area contributed by atoms with E-state index in [1.54, 1.807) is 0 Å². The van der Waals surface area contributed by atoms with E-state index < -0.39 is 0 Å². The van der Waals surface area contributed by atoms with E-state index >= 15 is 0 Å². The molecule has 0 aliphatic heterocycles. The Morgan fingerprint density at radius 3 is 2.79 bits per heavy atom. The van der Waals surface area contributed by atoms with Crippen molar-refractivity contribution in [3.8, 4) is 0 Å². The quantitative estimate of drug-likeness (QED) is 0.883. The van der Waals surface area contributed by atoms with Crippen molar-refractivity contribution in [2.75, 3.05) is 6.54 Å². The summed E-state index contributed by atoms with van der Waals surface area (Å²) in [4.78, 5) is 4.65. The van der Waals surface area contributed by atoms with Crippen molar-refractivity contribution < 1.29 is 4.52 Å². The first-order chi connectivity index (χ1) is 9.06. The van der Waals surface area contributed by atoms with E-state index in [9.17, 15) is 0 Å². The second kappa shape index (κ2) is 6.04. The Morgan fingerprint density at radius 2 is 2.11 bits per heavy atom. The summed E-state index contributed by atoms with van der Waals surface area (Å²) in [6, 6.07) is 0. The van der Waals surface area contributed by atoms with Crippen molar-refractivity contribution in [2.24, 2.45) is 5.92 Å². The van der Waals surface area contributed by atoms with Gasteiger partial charge in [0.05, 0.1) is 5.54 Å². The minimum atomic E-state index is -0.237. The van der Waals surface area contributed by atoms with Gasteiger partial charge in [-0.25, -0.2) is 0 Å². The predicted molar refractivity (Wildman–Crippen MR) is 76.0 cm³/mol. The van der Waals surface area contributed by atoms with Crippen molar-refractivity contribution in [3.63, 3.8) is 0 Å².